The number of likely N-dealkylation sites (tertiary alicyclic amines) is 1. The van der Waals surface area contributed by atoms with Gasteiger partial charge in [-0.15, -0.1) is 0 Å². The molecule has 184 valence electrons. The van der Waals surface area contributed by atoms with Crippen molar-refractivity contribution in [3.05, 3.63) is 95.4 Å². The molecule has 0 unspecified atom stereocenters. The van der Waals surface area contributed by atoms with Crippen LogP contribution in [0.1, 0.15) is 27.0 Å². The molecule has 2 aromatic heterocycles. The Bertz CT molecular complexity index is 1540. The van der Waals surface area contributed by atoms with Gasteiger partial charge in [0, 0.05) is 48.2 Å². The van der Waals surface area contributed by atoms with Gasteiger partial charge in [0.15, 0.2) is 9.84 Å². The van der Waals surface area contributed by atoms with E-state index in [1.165, 1.54) is 0 Å². The molecule has 1 saturated heterocycles. The number of nitrogens with zero attached hydrogens (tertiary/aromatic N) is 3. The molecule has 0 aliphatic carbocycles. The van der Waals surface area contributed by atoms with E-state index in [9.17, 15) is 13.2 Å². The van der Waals surface area contributed by atoms with Crippen LogP contribution in [0.15, 0.2) is 78.1 Å². The summed E-state index contributed by atoms with van der Waals surface area (Å²) in [5, 5.41) is 0.783. The molecule has 1 aliphatic rings. The van der Waals surface area contributed by atoms with E-state index in [2.05, 4.69) is 9.97 Å². The van der Waals surface area contributed by atoms with Crippen molar-refractivity contribution in [2.75, 3.05) is 20.2 Å². The van der Waals surface area contributed by atoms with Crippen molar-refractivity contribution in [2.45, 2.75) is 24.0 Å². The van der Waals surface area contributed by atoms with Crippen LogP contribution in [0, 0.1) is 12.8 Å². The molecule has 0 atom stereocenters. The summed E-state index contributed by atoms with van der Waals surface area (Å²) in [5.41, 5.74) is 3.53. The van der Waals surface area contributed by atoms with Crippen LogP contribution in [-0.2, 0) is 22.0 Å². The standard InChI is InChI=1S/C28H27N3O4S/c1-19-13-22(28(32)31-16-20(17-31)14-24-15-29-12-10-25(24)35-2)8-9-23(19)18-36(33,34)26-7-3-5-21-6-4-11-30-27(21)26/h3-13,15,20H,14,16-18H2,1-2H3. The average Bonchev–Trinajstić information content (AvgIpc) is 2.86. The van der Waals surface area contributed by atoms with Gasteiger partial charge in [0.25, 0.3) is 5.91 Å². The molecule has 36 heavy (non-hydrogen) atoms. The van der Waals surface area contributed by atoms with E-state index >= 15 is 0 Å². The summed E-state index contributed by atoms with van der Waals surface area (Å²) in [6.45, 7) is 3.18. The molecule has 1 aliphatic heterocycles. The number of methoxy groups -OCH3 is 1. The zero-order valence-corrected chi connectivity index (χ0v) is 21.0. The lowest BCUT2D eigenvalue weighted by atomic mass is 9.91. The maximum absolute atomic E-state index is 13.3. The first-order chi connectivity index (χ1) is 17.4. The molecule has 0 N–H and O–H groups in total. The Kier molecular flexibility index (Phi) is 6.45. The van der Waals surface area contributed by atoms with Gasteiger partial charge in [-0.1, -0.05) is 24.3 Å². The second-order valence-corrected chi connectivity index (χ2v) is 11.2. The highest BCUT2D eigenvalue weighted by molar-refractivity contribution is 7.90. The van der Waals surface area contributed by atoms with E-state index in [-0.39, 0.29) is 16.6 Å². The molecule has 5 rings (SSSR count). The van der Waals surface area contributed by atoms with Crippen LogP contribution in [0.2, 0.25) is 0 Å². The SMILES string of the molecule is COc1ccncc1CC1CN(C(=O)c2ccc(CS(=O)(=O)c3cccc4cccnc34)c(C)c2)C1. The van der Waals surface area contributed by atoms with Crippen molar-refractivity contribution < 1.29 is 17.9 Å². The Morgan fingerprint density at radius 3 is 2.64 bits per heavy atom. The van der Waals surface area contributed by atoms with Gasteiger partial charge >= 0.3 is 0 Å². The fraction of sp³-hybridized carbons (Fsp3) is 0.250. The molecule has 0 spiro atoms. The second kappa shape index (κ2) is 9.70. The molecule has 1 fully saturated rings. The van der Waals surface area contributed by atoms with Gasteiger partial charge in [-0.2, -0.15) is 0 Å². The van der Waals surface area contributed by atoms with E-state index in [4.69, 9.17) is 4.74 Å². The summed E-state index contributed by atoms with van der Waals surface area (Å²) in [4.78, 5) is 23.5. The fourth-order valence-electron chi connectivity index (χ4n) is 4.73. The van der Waals surface area contributed by atoms with Gasteiger partial charge in [0.2, 0.25) is 0 Å². The van der Waals surface area contributed by atoms with Gasteiger partial charge < -0.3 is 9.64 Å². The Balaban J connectivity index is 1.27. The number of rotatable bonds is 7. The molecule has 1 amide bonds. The molecule has 8 heteroatoms. The number of ether oxygens (including phenoxy) is 1. The summed E-state index contributed by atoms with van der Waals surface area (Å²) < 4.78 is 31.9. The first kappa shape index (κ1) is 23.9. The molecular weight excluding hydrogens is 474 g/mol. The van der Waals surface area contributed by atoms with E-state index in [0.29, 0.717) is 35.7 Å². The maximum atomic E-state index is 13.3. The summed E-state index contributed by atoms with van der Waals surface area (Å²) in [5.74, 6) is 0.976. The highest BCUT2D eigenvalue weighted by Crippen LogP contribution is 2.28. The smallest absolute Gasteiger partial charge is 0.253 e. The van der Waals surface area contributed by atoms with Crippen LogP contribution in [0.4, 0.5) is 0 Å². The molecule has 3 heterocycles. The minimum Gasteiger partial charge on any atom is -0.496 e. The molecule has 2 aromatic carbocycles. The van der Waals surface area contributed by atoms with Crippen LogP contribution in [0.3, 0.4) is 0 Å². The highest BCUT2D eigenvalue weighted by Gasteiger charge is 2.32. The lowest BCUT2D eigenvalue weighted by Gasteiger charge is -2.39. The third-order valence-electron chi connectivity index (χ3n) is 6.70. The van der Waals surface area contributed by atoms with E-state index < -0.39 is 9.84 Å². The summed E-state index contributed by atoms with van der Waals surface area (Å²) in [6, 6.07) is 15.9. The zero-order chi connectivity index (χ0) is 25.3. The number of hydrogen-bond acceptors (Lipinski definition) is 6. The van der Waals surface area contributed by atoms with E-state index in [1.807, 2.05) is 36.2 Å². The average molecular weight is 502 g/mol. The van der Waals surface area contributed by atoms with Crippen molar-refractivity contribution >= 4 is 26.6 Å². The Morgan fingerprint density at radius 1 is 1.06 bits per heavy atom. The van der Waals surface area contributed by atoms with Gasteiger partial charge in [0.05, 0.1) is 23.3 Å². The first-order valence-corrected chi connectivity index (χ1v) is 13.4. The molecule has 0 radical (unpaired) electrons. The highest BCUT2D eigenvalue weighted by atomic mass is 32.2. The van der Waals surface area contributed by atoms with Gasteiger partial charge in [0.1, 0.15) is 5.75 Å². The Morgan fingerprint density at radius 2 is 1.86 bits per heavy atom. The number of amides is 1. The van der Waals surface area contributed by atoms with Crippen molar-refractivity contribution in [1.82, 2.24) is 14.9 Å². The summed E-state index contributed by atoms with van der Waals surface area (Å²) in [6.07, 6.45) is 5.92. The fourth-order valence-corrected chi connectivity index (χ4v) is 6.37. The quantitative estimate of drug-likeness (QED) is 0.376. The number of fused-ring (bicyclic) bond motifs is 1. The van der Waals surface area contributed by atoms with Crippen molar-refractivity contribution in [1.29, 1.82) is 0 Å². The number of benzene rings is 2. The van der Waals surface area contributed by atoms with Crippen molar-refractivity contribution in [3.63, 3.8) is 0 Å². The Labute approximate surface area is 210 Å². The lowest BCUT2D eigenvalue weighted by Crippen LogP contribution is -2.50. The van der Waals surface area contributed by atoms with E-state index in [1.54, 1.807) is 55.9 Å². The minimum atomic E-state index is -3.62. The van der Waals surface area contributed by atoms with Crippen molar-refractivity contribution in [3.8, 4) is 5.75 Å². The number of carbonyl (C=O) groups is 1. The number of pyridine rings is 2. The zero-order valence-electron chi connectivity index (χ0n) is 20.2. The number of carbonyl (C=O) groups excluding carboxylic acids is 1. The summed E-state index contributed by atoms with van der Waals surface area (Å²) >= 11 is 0. The molecule has 4 aromatic rings. The van der Waals surface area contributed by atoms with Crippen LogP contribution in [0.5, 0.6) is 5.75 Å². The van der Waals surface area contributed by atoms with Crippen LogP contribution in [-0.4, -0.2) is 49.4 Å². The predicted octanol–water partition coefficient (Wildman–Crippen LogP) is 4.24. The van der Waals surface area contributed by atoms with Crippen LogP contribution in [0.25, 0.3) is 10.9 Å². The van der Waals surface area contributed by atoms with Crippen molar-refractivity contribution in [2.24, 2.45) is 5.92 Å². The third-order valence-corrected chi connectivity index (χ3v) is 8.39. The number of aryl methyl sites for hydroxylation is 1. The van der Waals surface area contributed by atoms with Crippen LogP contribution < -0.4 is 4.74 Å². The Hall–Kier alpha value is -3.78. The van der Waals surface area contributed by atoms with E-state index in [0.717, 1.165) is 28.7 Å². The maximum Gasteiger partial charge on any atom is 0.253 e. The number of para-hydroxylation sites is 1. The largest absolute Gasteiger partial charge is 0.496 e. The predicted molar refractivity (Wildman–Crippen MR) is 138 cm³/mol. The monoisotopic (exact) mass is 501 g/mol. The normalized spacial score (nSPS) is 14.0. The number of aromatic nitrogens is 2. The molecule has 0 saturated carbocycles. The van der Waals surface area contributed by atoms with Gasteiger partial charge in [-0.05, 0) is 60.7 Å². The van der Waals surface area contributed by atoms with Crippen LogP contribution >= 0.6 is 0 Å². The molecule has 7 nitrogen and oxygen atoms in total. The van der Waals surface area contributed by atoms with Gasteiger partial charge in [-0.25, -0.2) is 8.42 Å². The minimum absolute atomic E-state index is 0.0415. The molecule has 0 bridgehead atoms. The van der Waals surface area contributed by atoms with Gasteiger partial charge in [-0.3, -0.25) is 14.8 Å². The third kappa shape index (κ3) is 4.68. The summed E-state index contributed by atoms with van der Waals surface area (Å²) in [7, 11) is -1.98. The second-order valence-electron chi connectivity index (χ2n) is 9.20. The first-order valence-electron chi connectivity index (χ1n) is 11.8. The topological polar surface area (TPSA) is 89.5 Å². The lowest BCUT2D eigenvalue weighted by molar-refractivity contribution is 0.0500. The number of hydrogen-bond donors (Lipinski definition) is 0. The molecular formula is C28H27N3O4S. The number of sulfone groups is 1.